The predicted octanol–water partition coefficient (Wildman–Crippen LogP) is 4.68. The first-order valence-corrected chi connectivity index (χ1v) is 7.38. The Bertz CT molecular complexity index is 327. The molecule has 0 N–H and O–H groups in total. The minimum atomic E-state index is 0.217. The molecule has 2 unspecified atom stereocenters. The maximum absolute atomic E-state index is 6.42. The number of hydrogen-bond acceptors (Lipinski definition) is 1. The molecule has 0 spiro atoms. The number of allylic oxidation sites excluding steroid dienone is 2. The Morgan fingerprint density at radius 2 is 1.88 bits per heavy atom. The van der Waals surface area contributed by atoms with Gasteiger partial charge in [0, 0.05) is 0 Å². The van der Waals surface area contributed by atoms with Gasteiger partial charge in [0.15, 0.2) is 0 Å². The average Bonchev–Trinajstić information content (AvgIpc) is 2.11. The normalized spacial score (nSPS) is 48.5. The molecule has 4 saturated carbocycles. The molecule has 4 fully saturated rings. The highest BCUT2D eigenvalue weighted by atomic mass is 16.5. The van der Waals surface area contributed by atoms with E-state index in [0.29, 0.717) is 5.41 Å². The van der Waals surface area contributed by atoms with Crippen molar-refractivity contribution in [2.75, 3.05) is 0 Å². The van der Waals surface area contributed by atoms with Gasteiger partial charge in [0.05, 0.1) is 5.76 Å². The van der Waals surface area contributed by atoms with E-state index in [4.69, 9.17) is 4.74 Å². The van der Waals surface area contributed by atoms with E-state index >= 15 is 0 Å². The van der Waals surface area contributed by atoms with Crippen molar-refractivity contribution in [3.63, 3.8) is 0 Å². The largest absolute Gasteiger partial charge is 0.492 e. The van der Waals surface area contributed by atoms with Crippen LogP contribution in [-0.4, -0.2) is 5.60 Å². The van der Waals surface area contributed by atoms with Crippen molar-refractivity contribution in [1.29, 1.82) is 0 Å². The predicted molar refractivity (Wildman–Crippen MR) is 70.7 cm³/mol. The van der Waals surface area contributed by atoms with Gasteiger partial charge < -0.3 is 4.74 Å². The first-order chi connectivity index (χ1) is 8.03. The Balaban J connectivity index is 1.81. The van der Waals surface area contributed by atoms with Gasteiger partial charge in [0.1, 0.15) is 5.60 Å². The van der Waals surface area contributed by atoms with Crippen LogP contribution in [0.2, 0.25) is 0 Å². The molecule has 0 saturated heterocycles. The molecule has 4 aliphatic rings. The summed E-state index contributed by atoms with van der Waals surface area (Å²) in [6.07, 6.45) is 11.7. The van der Waals surface area contributed by atoms with E-state index in [9.17, 15) is 0 Å². The molecule has 1 heteroatoms. The van der Waals surface area contributed by atoms with Gasteiger partial charge in [-0.3, -0.25) is 0 Å². The first-order valence-electron chi connectivity index (χ1n) is 7.38. The fraction of sp³-hybridized carbons (Fsp3) is 0.875. The van der Waals surface area contributed by atoms with E-state index in [1.165, 1.54) is 38.5 Å². The average molecular weight is 234 g/mol. The Hall–Kier alpha value is -0.460. The fourth-order valence-electron chi connectivity index (χ4n) is 5.42. The maximum Gasteiger partial charge on any atom is 0.110 e. The smallest absolute Gasteiger partial charge is 0.110 e. The van der Waals surface area contributed by atoms with Crippen LogP contribution >= 0.6 is 0 Å². The minimum absolute atomic E-state index is 0.217. The van der Waals surface area contributed by atoms with Crippen molar-refractivity contribution < 1.29 is 4.74 Å². The Morgan fingerprint density at radius 1 is 1.24 bits per heavy atom. The molecule has 4 aliphatic carbocycles. The third kappa shape index (κ3) is 2.02. The first kappa shape index (κ1) is 11.6. The third-order valence-corrected chi connectivity index (χ3v) is 5.17. The summed E-state index contributed by atoms with van der Waals surface area (Å²) in [6.45, 7) is 6.83. The highest BCUT2D eigenvalue weighted by Gasteiger charge is 2.57. The summed E-state index contributed by atoms with van der Waals surface area (Å²) < 4.78 is 6.42. The Morgan fingerprint density at radius 3 is 2.41 bits per heavy atom. The van der Waals surface area contributed by atoms with E-state index in [-0.39, 0.29) is 5.60 Å². The van der Waals surface area contributed by atoms with Gasteiger partial charge >= 0.3 is 0 Å². The number of ether oxygens (including phenoxy) is 1. The van der Waals surface area contributed by atoms with E-state index in [0.717, 1.165) is 24.0 Å². The Kier molecular flexibility index (Phi) is 2.57. The van der Waals surface area contributed by atoms with Crippen molar-refractivity contribution in [2.45, 2.75) is 71.3 Å². The van der Waals surface area contributed by atoms with Gasteiger partial charge in [0.2, 0.25) is 0 Å². The fourth-order valence-corrected chi connectivity index (χ4v) is 5.42. The molecule has 2 atom stereocenters. The van der Waals surface area contributed by atoms with Gasteiger partial charge in [-0.15, -0.1) is 0 Å². The van der Waals surface area contributed by atoms with E-state index in [1.54, 1.807) is 0 Å². The van der Waals surface area contributed by atoms with Crippen LogP contribution in [0.5, 0.6) is 0 Å². The van der Waals surface area contributed by atoms with Crippen LogP contribution in [0.25, 0.3) is 0 Å². The SMILES string of the molecule is CCC=C(C)OC12CC3CC(CC(C)(C3)C1)C2. The zero-order valence-corrected chi connectivity index (χ0v) is 11.6. The lowest BCUT2D eigenvalue weighted by Gasteiger charge is -2.60. The monoisotopic (exact) mass is 234 g/mol. The molecule has 0 radical (unpaired) electrons. The number of rotatable bonds is 3. The summed E-state index contributed by atoms with van der Waals surface area (Å²) >= 11 is 0. The van der Waals surface area contributed by atoms with Crippen molar-refractivity contribution in [1.82, 2.24) is 0 Å². The van der Waals surface area contributed by atoms with Gasteiger partial charge in [-0.2, -0.15) is 0 Å². The lowest BCUT2D eigenvalue weighted by molar-refractivity contribution is -0.168. The Labute approximate surface area is 106 Å². The molecule has 0 aromatic carbocycles. The minimum Gasteiger partial charge on any atom is -0.492 e. The van der Waals surface area contributed by atoms with Gasteiger partial charge in [-0.1, -0.05) is 13.8 Å². The molecule has 4 bridgehead atoms. The summed E-state index contributed by atoms with van der Waals surface area (Å²) in [4.78, 5) is 0. The number of hydrogen-bond donors (Lipinski definition) is 0. The summed E-state index contributed by atoms with van der Waals surface area (Å²) in [7, 11) is 0. The molecular weight excluding hydrogens is 208 g/mol. The van der Waals surface area contributed by atoms with Crippen molar-refractivity contribution in [2.24, 2.45) is 17.3 Å². The second kappa shape index (κ2) is 3.76. The maximum atomic E-state index is 6.42. The lowest BCUT2D eigenvalue weighted by Crippen LogP contribution is -2.55. The molecule has 0 amide bonds. The molecule has 1 nitrogen and oxygen atoms in total. The van der Waals surface area contributed by atoms with Crippen LogP contribution in [0.15, 0.2) is 11.8 Å². The summed E-state index contributed by atoms with van der Waals surface area (Å²) in [5.41, 5.74) is 0.811. The van der Waals surface area contributed by atoms with E-state index in [1.807, 2.05) is 0 Å². The third-order valence-electron chi connectivity index (χ3n) is 5.17. The molecule has 4 rings (SSSR count). The van der Waals surface area contributed by atoms with Crippen LogP contribution in [0.3, 0.4) is 0 Å². The summed E-state index contributed by atoms with van der Waals surface area (Å²) in [5.74, 6) is 3.07. The lowest BCUT2D eigenvalue weighted by atomic mass is 9.48. The second-order valence-electron chi connectivity index (χ2n) is 7.28. The molecule has 0 aromatic heterocycles. The van der Waals surface area contributed by atoms with Crippen LogP contribution in [0.1, 0.15) is 65.7 Å². The van der Waals surface area contributed by atoms with Crippen LogP contribution < -0.4 is 0 Å². The zero-order valence-electron chi connectivity index (χ0n) is 11.6. The molecule has 96 valence electrons. The van der Waals surface area contributed by atoms with E-state index in [2.05, 4.69) is 26.8 Å². The topological polar surface area (TPSA) is 9.23 Å². The van der Waals surface area contributed by atoms with Gasteiger partial charge in [-0.25, -0.2) is 0 Å². The van der Waals surface area contributed by atoms with Gasteiger partial charge in [0.25, 0.3) is 0 Å². The zero-order chi connectivity index (χ0) is 12.1. The molecule has 0 heterocycles. The molecule has 17 heavy (non-hydrogen) atoms. The van der Waals surface area contributed by atoms with Crippen molar-refractivity contribution in [3.05, 3.63) is 11.8 Å². The highest BCUT2D eigenvalue weighted by molar-refractivity contribution is 5.09. The standard InChI is InChI=1S/C16H26O/c1-4-5-12(2)17-16-9-13-6-14(10-16)8-15(3,7-13)11-16/h5,13-14H,4,6-11H2,1-3H3. The second-order valence-corrected chi connectivity index (χ2v) is 7.28. The van der Waals surface area contributed by atoms with Crippen molar-refractivity contribution >= 4 is 0 Å². The summed E-state index contributed by atoms with van der Waals surface area (Å²) in [6, 6.07) is 0. The molecular formula is C16H26O. The van der Waals surface area contributed by atoms with Crippen LogP contribution in [-0.2, 0) is 4.74 Å². The van der Waals surface area contributed by atoms with Crippen molar-refractivity contribution in [3.8, 4) is 0 Å². The van der Waals surface area contributed by atoms with Crippen LogP contribution in [0, 0.1) is 17.3 Å². The van der Waals surface area contributed by atoms with Crippen LogP contribution in [0.4, 0.5) is 0 Å². The molecule has 0 aliphatic heterocycles. The summed E-state index contributed by atoms with van der Waals surface area (Å²) in [5, 5.41) is 0. The van der Waals surface area contributed by atoms with Gasteiger partial charge in [-0.05, 0) is 75.2 Å². The quantitative estimate of drug-likeness (QED) is 0.644. The van der Waals surface area contributed by atoms with E-state index < -0.39 is 0 Å². The molecule has 0 aromatic rings. The highest BCUT2D eigenvalue weighted by Crippen LogP contribution is 2.62.